The summed E-state index contributed by atoms with van der Waals surface area (Å²) in [5, 5.41) is 10.7. The lowest BCUT2D eigenvalue weighted by atomic mass is 10.1. The molecule has 0 N–H and O–H groups in total. The number of rotatable bonds is 2. The molecule has 1 nitrogen and oxygen atoms in total. The van der Waals surface area contributed by atoms with Gasteiger partial charge in [-0.15, -0.1) is 11.3 Å². The van der Waals surface area contributed by atoms with Gasteiger partial charge in [0.2, 0.25) is 0 Å². The van der Waals surface area contributed by atoms with Crippen molar-refractivity contribution in [2.45, 2.75) is 15.3 Å². The standard InChI is InChI=1S/C12H6F3NS2/c13-12(14,15)10-4-3-9(6-8(10)7-16)18-11-2-1-5-17-11/h1-6H. The second-order valence-electron chi connectivity index (χ2n) is 3.35. The monoisotopic (exact) mass is 285 g/mol. The molecule has 1 aromatic carbocycles. The Labute approximate surface area is 110 Å². The quantitative estimate of drug-likeness (QED) is 0.792. The Hall–Kier alpha value is -1.45. The Morgan fingerprint density at radius 1 is 1.22 bits per heavy atom. The average molecular weight is 285 g/mol. The molecule has 0 amide bonds. The summed E-state index contributed by atoms with van der Waals surface area (Å²) in [7, 11) is 0. The van der Waals surface area contributed by atoms with E-state index in [4.69, 9.17) is 5.26 Å². The summed E-state index contributed by atoms with van der Waals surface area (Å²) in [4.78, 5) is 0.627. The third-order valence-electron chi connectivity index (χ3n) is 2.13. The zero-order valence-electron chi connectivity index (χ0n) is 8.86. The largest absolute Gasteiger partial charge is 0.417 e. The number of nitrogens with zero attached hydrogens (tertiary/aromatic N) is 1. The van der Waals surface area contributed by atoms with Gasteiger partial charge in [-0.1, -0.05) is 17.8 Å². The van der Waals surface area contributed by atoms with E-state index in [2.05, 4.69) is 0 Å². The van der Waals surface area contributed by atoms with E-state index in [1.165, 1.54) is 35.2 Å². The molecule has 0 aliphatic rings. The van der Waals surface area contributed by atoms with E-state index in [-0.39, 0.29) is 5.56 Å². The number of halogens is 3. The van der Waals surface area contributed by atoms with Gasteiger partial charge in [-0.3, -0.25) is 0 Å². The van der Waals surface area contributed by atoms with E-state index in [1.54, 1.807) is 6.07 Å². The zero-order valence-corrected chi connectivity index (χ0v) is 10.5. The number of hydrogen-bond donors (Lipinski definition) is 0. The molecule has 0 atom stereocenters. The van der Waals surface area contributed by atoms with Gasteiger partial charge in [-0.25, -0.2) is 0 Å². The van der Waals surface area contributed by atoms with Crippen LogP contribution in [0.25, 0.3) is 0 Å². The predicted molar refractivity (Wildman–Crippen MR) is 64.6 cm³/mol. The molecule has 6 heteroatoms. The highest BCUT2D eigenvalue weighted by molar-refractivity contribution is 8.01. The first-order valence-electron chi connectivity index (χ1n) is 4.83. The first kappa shape index (κ1) is 13.0. The van der Waals surface area contributed by atoms with Gasteiger partial charge in [0.05, 0.1) is 21.4 Å². The van der Waals surface area contributed by atoms with E-state index in [9.17, 15) is 13.2 Å². The normalized spacial score (nSPS) is 11.2. The molecule has 2 aromatic rings. The van der Waals surface area contributed by atoms with Crippen molar-refractivity contribution in [2.75, 3.05) is 0 Å². The van der Waals surface area contributed by atoms with E-state index in [0.29, 0.717) is 4.90 Å². The lowest BCUT2D eigenvalue weighted by Crippen LogP contribution is -2.07. The molecule has 92 valence electrons. The predicted octanol–water partition coefficient (Wildman–Crippen LogP) is 4.79. The highest BCUT2D eigenvalue weighted by Crippen LogP contribution is 2.36. The van der Waals surface area contributed by atoms with Crippen LogP contribution in [0.2, 0.25) is 0 Å². The maximum absolute atomic E-state index is 12.6. The third kappa shape index (κ3) is 2.86. The fraction of sp³-hybridized carbons (Fsp3) is 0.0833. The van der Waals surface area contributed by atoms with Crippen LogP contribution < -0.4 is 0 Å². The third-order valence-corrected chi connectivity index (χ3v) is 4.16. The summed E-state index contributed by atoms with van der Waals surface area (Å²) in [6.45, 7) is 0. The number of hydrogen-bond acceptors (Lipinski definition) is 3. The number of alkyl halides is 3. The van der Waals surface area contributed by atoms with Crippen LogP contribution in [0.1, 0.15) is 11.1 Å². The molecule has 0 aliphatic heterocycles. The molecular formula is C12H6F3NS2. The molecule has 0 bridgehead atoms. The minimum Gasteiger partial charge on any atom is -0.192 e. The lowest BCUT2D eigenvalue weighted by Gasteiger charge is -2.09. The van der Waals surface area contributed by atoms with Crippen molar-refractivity contribution in [2.24, 2.45) is 0 Å². The fourth-order valence-electron chi connectivity index (χ4n) is 1.36. The maximum atomic E-state index is 12.6. The van der Waals surface area contributed by atoms with Crippen LogP contribution in [0.4, 0.5) is 13.2 Å². The van der Waals surface area contributed by atoms with Crippen molar-refractivity contribution in [1.29, 1.82) is 5.26 Å². The lowest BCUT2D eigenvalue weighted by molar-refractivity contribution is -0.137. The highest BCUT2D eigenvalue weighted by Gasteiger charge is 2.33. The van der Waals surface area contributed by atoms with Crippen LogP contribution in [0, 0.1) is 11.3 Å². The summed E-state index contributed by atoms with van der Waals surface area (Å²) in [5.74, 6) is 0. The molecule has 18 heavy (non-hydrogen) atoms. The van der Waals surface area contributed by atoms with E-state index in [1.807, 2.05) is 17.5 Å². The molecule has 0 spiro atoms. The maximum Gasteiger partial charge on any atom is 0.417 e. The molecule has 0 radical (unpaired) electrons. The first-order chi connectivity index (χ1) is 8.50. The first-order valence-corrected chi connectivity index (χ1v) is 6.53. The van der Waals surface area contributed by atoms with Gasteiger partial charge < -0.3 is 0 Å². The van der Waals surface area contributed by atoms with Gasteiger partial charge in [0.15, 0.2) is 0 Å². The molecule has 0 aliphatic carbocycles. The van der Waals surface area contributed by atoms with Gasteiger partial charge in [0.1, 0.15) is 0 Å². The van der Waals surface area contributed by atoms with Gasteiger partial charge in [-0.2, -0.15) is 18.4 Å². The van der Waals surface area contributed by atoms with Crippen LogP contribution >= 0.6 is 23.1 Å². The Morgan fingerprint density at radius 3 is 2.56 bits per heavy atom. The van der Waals surface area contributed by atoms with Gasteiger partial charge in [-0.05, 0) is 29.6 Å². The van der Waals surface area contributed by atoms with Crippen LogP contribution in [-0.2, 0) is 6.18 Å². The van der Waals surface area contributed by atoms with Gasteiger partial charge >= 0.3 is 6.18 Å². The van der Waals surface area contributed by atoms with Gasteiger partial charge in [0.25, 0.3) is 0 Å². The van der Waals surface area contributed by atoms with Crippen molar-refractivity contribution in [3.05, 3.63) is 46.8 Å². The van der Waals surface area contributed by atoms with Crippen LogP contribution in [0.5, 0.6) is 0 Å². The SMILES string of the molecule is N#Cc1cc(Sc2cccs2)ccc1C(F)(F)F. The zero-order chi connectivity index (χ0) is 13.2. The molecule has 2 rings (SSSR count). The van der Waals surface area contributed by atoms with Crippen molar-refractivity contribution < 1.29 is 13.2 Å². The Balaban J connectivity index is 2.34. The minimum absolute atomic E-state index is 0.343. The molecule has 1 heterocycles. The van der Waals surface area contributed by atoms with Crippen LogP contribution in [0.3, 0.4) is 0 Å². The number of nitriles is 1. The topological polar surface area (TPSA) is 23.8 Å². The fourth-order valence-corrected chi connectivity index (χ4v) is 3.15. The van der Waals surface area contributed by atoms with Gasteiger partial charge in [0, 0.05) is 4.90 Å². The molecule has 0 fully saturated rings. The average Bonchev–Trinajstić information content (AvgIpc) is 2.80. The number of benzene rings is 1. The Bertz CT molecular complexity index is 582. The Morgan fingerprint density at radius 2 is 2.00 bits per heavy atom. The van der Waals surface area contributed by atoms with Crippen molar-refractivity contribution >= 4 is 23.1 Å². The molecule has 0 saturated heterocycles. The highest BCUT2D eigenvalue weighted by atomic mass is 32.2. The molecule has 0 saturated carbocycles. The summed E-state index contributed by atoms with van der Waals surface area (Å²) in [5.41, 5.74) is -1.23. The van der Waals surface area contributed by atoms with E-state index < -0.39 is 11.7 Å². The molecular weight excluding hydrogens is 279 g/mol. The van der Waals surface area contributed by atoms with E-state index in [0.717, 1.165) is 10.3 Å². The molecule has 0 unspecified atom stereocenters. The summed E-state index contributed by atoms with van der Waals surface area (Å²) in [6.07, 6.45) is -4.49. The summed E-state index contributed by atoms with van der Waals surface area (Å²) in [6, 6.07) is 8.94. The van der Waals surface area contributed by atoms with Crippen molar-refractivity contribution in [3.8, 4) is 6.07 Å². The minimum atomic E-state index is -4.49. The summed E-state index contributed by atoms with van der Waals surface area (Å²) >= 11 is 2.84. The second-order valence-corrected chi connectivity index (χ2v) is 5.67. The van der Waals surface area contributed by atoms with Crippen LogP contribution in [-0.4, -0.2) is 0 Å². The van der Waals surface area contributed by atoms with Crippen molar-refractivity contribution in [1.82, 2.24) is 0 Å². The second kappa shape index (κ2) is 5.04. The smallest absolute Gasteiger partial charge is 0.192 e. The number of thiophene rings is 1. The summed E-state index contributed by atoms with van der Waals surface area (Å²) < 4.78 is 38.7. The van der Waals surface area contributed by atoms with Crippen LogP contribution in [0.15, 0.2) is 44.8 Å². The van der Waals surface area contributed by atoms with Crippen molar-refractivity contribution in [3.63, 3.8) is 0 Å². The molecule has 1 aromatic heterocycles. The van der Waals surface area contributed by atoms with E-state index >= 15 is 0 Å². The Kier molecular flexibility index (Phi) is 3.64.